The number of rotatable bonds is 5. The minimum absolute atomic E-state index is 0.739. The second-order valence-corrected chi connectivity index (χ2v) is 3.62. The van der Waals surface area contributed by atoms with Crippen LogP contribution in [-0.2, 0) is 0 Å². The first-order valence-corrected chi connectivity index (χ1v) is 5.01. The zero-order valence-corrected chi connectivity index (χ0v) is 7.68. The van der Waals surface area contributed by atoms with Gasteiger partial charge in [0.05, 0.1) is 6.07 Å². The van der Waals surface area contributed by atoms with Gasteiger partial charge in [-0.05, 0) is 38.3 Å². The van der Waals surface area contributed by atoms with Crippen molar-refractivity contribution in [1.29, 1.82) is 5.26 Å². The number of nitrogens with one attached hydrogen (secondary N) is 1. The summed E-state index contributed by atoms with van der Waals surface area (Å²) in [5.74, 6) is 0.923. The normalized spacial score (nSPS) is 22.4. The van der Waals surface area contributed by atoms with Gasteiger partial charge in [0.2, 0.25) is 0 Å². The molecule has 1 atom stereocenters. The Morgan fingerprint density at radius 1 is 1.33 bits per heavy atom. The minimum atomic E-state index is 0.739. The van der Waals surface area contributed by atoms with E-state index in [4.69, 9.17) is 5.26 Å². The van der Waals surface area contributed by atoms with Crippen molar-refractivity contribution in [2.45, 2.75) is 38.5 Å². The molecule has 1 aliphatic heterocycles. The summed E-state index contributed by atoms with van der Waals surface area (Å²) in [6, 6.07) is 2.18. The third-order valence-corrected chi connectivity index (χ3v) is 2.56. The smallest absolute Gasteiger partial charge is 0.0621 e. The van der Waals surface area contributed by atoms with Crippen LogP contribution in [0.4, 0.5) is 0 Å². The SMILES string of the molecule is N#CCCCCCC1CCNC1. The highest BCUT2D eigenvalue weighted by Gasteiger charge is 2.12. The topological polar surface area (TPSA) is 35.8 Å². The Labute approximate surface area is 75.0 Å². The van der Waals surface area contributed by atoms with Gasteiger partial charge in [0, 0.05) is 6.42 Å². The molecular weight excluding hydrogens is 148 g/mol. The molecule has 1 unspecified atom stereocenters. The van der Waals surface area contributed by atoms with Gasteiger partial charge in [-0.15, -0.1) is 0 Å². The van der Waals surface area contributed by atoms with Gasteiger partial charge >= 0.3 is 0 Å². The molecule has 2 heteroatoms. The zero-order valence-electron chi connectivity index (χ0n) is 7.68. The summed E-state index contributed by atoms with van der Waals surface area (Å²) in [6.07, 6.45) is 7.11. The molecule has 0 saturated carbocycles. The van der Waals surface area contributed by atoms with Gasteiger partial charge in [-0.25, -0.2) is 0 Å². The lowest BCUT2D eigenvalue weighted by molar-refractivity contribution is 0.492. The van der Waals surface area contributed by atoms with Crippen molar-refractivity contribution >= 4 is 0 Å². The number of hydrogen-bond acceptors (Lipinski definition) is 2. The van der Waals surface area contributed by atoms with Gasteiger partial charge in [-0.1, -0.05) is 12.8 Å². The number of nitrogens with zero attached hydrogens (tertiary/aromatic N) is 1. The lowest BCUT2D eigenvalue weighted by atomic mass is 10.0. The van der Waals surface area contributed by atoms with Gasteiger partial charge < -0.3 is 5.32 Å². The van der Waals surface area contributed by atoms with E-state index in [1.807, 2.05) is 0 Å². The van der Waals surface area contributed by atoms with E-state index in [2.05, 4.69) is 11.4 Å². The summed E-state index contributed by atoms with van der Waals surface area (Å²) in [6.45, 7) is 2.43. The van der Waals surface area contributed by atoms with E-state index in [0.717, 1.165) is 18.8 Å². The maximum absolute atomic E-state index is 8.32. The summed E-state index contributed by atoms with van der Waals surface area (Å²) in [4.78, 5) is 0. The Morgan fingerprint density at radius 3 is 2.92 bits per heavy atom. The minimum Gasteiger partial charge on any atom is -0.316 e. The quantitative estimate of drug-likeness (QED) is 0.635. The Bertz CT molecular complexity index is 142. The molecule has 2 nitrogen and oxygen atoms in total. The van der Waals surface area contributed by atoms with Crippen LogP contribution < -0.4 is 5.32 Å². The molecule has 1 aliphatic rings. The molecule has 0 bridgehead atoms. The largest absolute Gasteiger partial charge is 0.316 e. The Morgan fingerprint density at radius 2 is 2.25 bits per heavy atom. The highest BCUT2D eigenvalue weighted by atomic mass is 14.9. The van der Waals surface area contributed by atoms with Gasteiger partial charge in [0.15, 0.2) is 0 Å². The third-order valence-electron chi connectivity index (χ3n) is 2.56. The molecule has 1 heterocycles. The fraction of sp³-hybridized carbons (Fsp3) is 0.900. The molecule has 12 heavy (non-hydrogen) atoms. The summed E-state index contributed by atoms with van der Waals surface area (Å²) in [7, 11) is 0. The first kappa shape index (κ1) is 9.54. The highest BCUT2D eigenvalue weighted by molar-refractivity contribution is 4.72. The van der Waals surface area contributed by atoms with Crippen LogP contribution >= 0.6 is 0 Å². The van der Waals surface area contributed by atoms with E-state index < -0.39 is 0 Å². The van der Waals surface area contributed by atoms with E-state index >= 15 is 0 Å². The molecule has 1 fully saturated rings. The van der Waals surface area contributed by atoms with Gasteiger partial charge in [-0.2, -0.15) is 5.26 Å². The molecule has 1 saturated heterocycles. The van der Waals surface area contributed by atoms with Crippen LogP contribution in [0, 0.1) is 17.2 Å². The lowest BCUT2D eigenvalue weighted by Crippen LogP contribution is -2.08. The summed E-state index contributed by atoms with van der Waals surface area (Å²) in [5.41, 5.74) is 0. The van der Waals surface area contributed by atoms with Crippen LogP contribution in [0.5, 0.6) is 0 Å². The molecule has 0 aliphatic carbocycles. The molecule has 0 spiro atoms. The Kier molecular flexibility index (Phi) is 4.79. The van der Waals surface area contributed by atoms with Crippen LogP contribution in [0.3, 0.4) is 0 Å². The standard InChI is InChI=1S/C10H18N2/c11-7-4-2-1-3-5-10-6-8-12-9-10/h10,12H,1-6,8-9H2. The van der Waals surface area contributed by atoms with Crippen molar-refractivity contribution in [3.63, 3.8) is 0 Å². The summed E-state index contributed by atoms with van der Waals surface area (Å²) >= 11 is 0. The van der Waals surface area contributed by atoms with Crippen molar-refractivity contribution in [3.8, 4) is 6.07 Å². The summed E-state index contributed by atoms with van der Waals surface area (Å²) in [5, 5.41) is 11.7. The Hall–Kier alpha value is -0.550. The highest BCUT2D eigenvalue weighted by Crippen LogP contribution is 2.16. The molecule has 0 aromatic rings. The van der Waals surface area contributed by atoms with Crippen molar-refractivity contribution in [3.05, 3.63) is 0 Å². The second kappa shape index (κ2) is 6.02. The van der Waals surface area contributed by atoms with E-state index in [1.165, 1.54) is 38.8 Å². The lowest BCUT2D eigenvalue weighted by Gasteiger charge is -2.05. The van der Waals surface area contributed by atoms with Gasteiger partial charge in [0.25, 0.3) is 0 Å². The maximum Gasteiger partial charge on any atom is 0.0621 e. The third kappa shape index (κ3) is 3.73. The summed E-state index contributed by atoms with van der Waals surface area (Å²) < 4.78 is 0. The van der Waals surface area contributed by atoms with Crippen molar-refractivity contribution in [2.24, 2.45) is 5.92 Å². The molecule has 0 radical (unpaired) electrons. The second-order valence-electron chi connectivity index (χ2n) is 3.62. The van der Waals surface area contributed by atoms with Crippen LogP contribution in [0.1, 0.15) is 38.5 Å². The molecule has 1 N–H and O–H groups in total. The van der Waals surface area contributed by atoms with Crippen molar-refractivity contribution in [1.82, 2.24) is 5.32 Å². The predicted octanol–water partition coefficient (Wildman–Crippen LogP) is 2.07. The van der Waals surface area contributed by atoms with Crippen LogP contribution in [-0.4, -0.2) is 13.1 Å². The average molecular weight is 166 g/mol. The van der Waals surface area contributed by atoms with Crippen molar-refractivity contribution in [2.75, 3.05) is 13.1 Å². The fourth-order valence-corrected chi connectivity index (χ4v) is 1.77. The monoisotopic (exact) mass is 166 g/mol. The first-order valence-electron chi connectivity index (χ1n) is 5.01. The first-order chi connectivity index (χ1) is 5.93. The maximum atomic E-state index is 8.32. The van der Waals surface area contributed by atoms with Gasteiger partial charge in [0.1, 0.15) is 0 Å². The number of nitriles is 1. The molecule has 0 aromatic heterocycles. The van der Waals surface area contributed by atoms with E-state index in [-0.39, 0.29) is 0 Å². The van der Waals surface area contributed by atoms with Crippen LogP contribution in [0.2, 0.25) is 0 Å². The van der Waals surface area contributed by atoms with Crippen LogP contribution in [0.15, 0.2) is 0 Å². The molecule has 0 amide bonds. The predicted molar refractivity (Wildman–Crippen MR) is 49.7 cm³/mol. The van der Waals surface area contributed by atoms with E-state index in [9.17, 15) is 0 Å². The van der Waals surface area contributed by atoms with Gasteiger partial charge in [-0.3, -0.25) is 0 Å². The zero-order chi connectivity index (χ0) is 8.65. The fourth-order valence-electron chi connectivity index (χ4n) is 1.77. The molecule has 0 aromatic carbocycles. The van der Waals surface area contributed by atoms with Crippen molar-refractivity contribution < 1.29 is 0 Å². The average Bonchev–Trinajstić information content (AvgIpc) is 2.57. The van der Waals surface area contributed by atoms with Crippen LogP contribution in [0.25, 0.3) is 0 Å². The molecular formula is C10H18N2. The van der Waals surface area contributed by atoms with E-state index in [1.54, 1.807) is 0 Å². The van der Waals surface area contributed by atoms with E-state index in [0.29, 0.717) is 0 Å². The molecule has 68 valence electrons. The Balaban J connectivity index is 1.85. The number of unbranched alkanes of at least 4 members (excludes halogenated alkanes) is 3. The molecule has 1 rings (SSSR count). The number of hydrogen-bond donors (Lipinski definition) is 1.